The number of para-hydroxylation sites is 1. The van der Waals surface area contributed by atoms with Crippen LogP contribution in [-0.4, -0.2) is 37.4 Å². The number of carbonyl (C=O) groups excluding carboxylic acids is 2. The molecule has 1 aliphatic rings. The number of amides is 2. The van der Waals surface area contributed by atoms with Gasteiger partial charge >= 0.3 is 0 Å². The van der Waals surface area contributed by atoms with E-state index in [-0.39, 0.29) is 11.8 Å². The molecule has 0 saturated carbocycles. The number of carbonyl (C=O) groups is 2. The zero-order valence-corrected chi connectivity index (χ0v) is 14.5. The molecule has 1 heterocycles. The molecule has 0 atom stereocenters. The molecule has 1 aliphatic heterocycles. The summed E-state index contributed by atoms with van der Waals surface area (Å²) in [7, 11) is 3.10. The summed E-state index contributed by atoms with van der Waals surface area (Å²) in [4.78, 5) is 28.5. The van der Waals surface area contributed by atoms with Gasteiger partial charge in [-0.2, -0.15) is 0 Å². The fraction of sp³-hybridized carbons (Fsp3) is 0.200. The topological polar surface area (TPSA) is 49.9 Å². The summed E-state index contributed by atoms with van der Waals surface area (Å²) in [5, 5.41) is 0. The number of nitrogens with zero attached hydrogens (tertiary/aromatic N) is 2. The molecule has 0 saturated heterocycles. The van der Waals surface area contributed by atoms with E-state index in [0.717, 1.165) is 5.69 Å². The van der Waals surface area contributed by atoms with Gasteiger partial charge in [-0.1, -0.05) is 30.3 Å². The van der Waals surface area contributed by atoms with Crippen LogP contribution in [0, 0.1) is 0 Å². The van der Waals surface area contributed by atoms with Crippen LogP contribution in [0.15, 0.2) is 60.3 Å². The van der Waals surface area contributed by atoms with Crippen molar-refractivity contribution in [1.29, 1.82) is 0 Å². The largest absolute Gasteiger partial charge is 0.497 e. The lowest BCUT2D eigenvalue weighted by molar-refractivity contribution is -0.135. The summed E-state index contributed by atoms with van der Waals surface area (Å²) < 4.78 is 5.18. The molecule has 0 aromatic heterocycles. The van der Waals surface area contributed by atoms with E-state index in [1.54, 1.807) is 31.4 Å². The van der Waals surface area contributed by atoms with Gasteiger partial charge < -0.3 is 9.64 Å². The Morgan fingerprint density at radius 3 is 2.16 bits per heavy atom. The first-order chi connectivity index (χ1) is 12.1. The number of ether oxygens (including phenoxy) is 1. The Kier molecular flexibility index (Phi) is 4.57. The zero-order valence-electron chi connectivity index (χ0n) is 14.5. The van der Waals surface area contributed by atoms with Gasteiger partial charge in [-0.25, -0.2) is 0 Å². The van der Waals surface area contributed by atoms with Crippen molar-refractivity contribution >= 4 is 23.1 Å². The number of methoxy groups -OCH3 is 1. The molecule has 0 aliphatic carbocycles. The molecule has 0 spiro atoms. The first-order valence-corrected chi connectivity index (χ1v) is 8.12. The van der Waals surface area contributed by atoms with Crippen LogP contribution in [0.3, 0.4) is 0 Å². The zero-order chi connectivity index (χ0) is 18.0. The number of anilines is 1. The fourth-order valence-electron chi connectivity index (χ4n) is 2.97. The fourth-order valence-corrected chi connectivity index (χ4v) is 2.97. The Morgan fingerprint density at radius 1 is 0.960 bits per heavy atom. The first kappa shape index (κ1) is 16.8. The minimum absolute atomic E-state index is 0.290. The second-order valence-electron chi connectivity index (χ2n) is 5.70. The van der Waals surface area contributed by atoms with Gasteiger partial charge in [0, 0.05) is 19.3 Å². The van der Waals surface area contributed by atoms with Crippen LogP contribution in [-0.2, 0) is 9.59 Å². The molecule has 2 aromatic rings. The second-order valence-corrected chi connectivity index (χ2v) is 5.70. The van der Waals surface area contributed by atoms with Crippen LogP contribution in [0.4, 0.5) is 5.69 Å². The quantitative estimate of drug-likeness (QED) is 0.788. The second kappa shape index (κ2) is 6.81. The lowest BCUT2D eigenvalue weighted by atomic mass is 10.0. The number of hydrogen-bond acceptors (Lipinski definition) is 4. The molecule has 2 amide bonds. The third kappa shape index (κ3) is 2.89. The van der Waals surface area contributed by atoms with Crippen molar-refractivity contribution < 1.29 is 14.3 Å². The van der Waals surface area contributed by atoms with Crippen molar-refractivity contribution in [1.82, 2.24) is 4.90 Å². The summed E-state index contributed by atoms with van der Waals surface area (Å²) in [6, 6.07) is 16.8. The van der Waals surface area contributed by atoms with Crippen molar-refractivity contribution in [2.45, 2.75) is 6.92 Å². The van der Waals surface area contributed by atoms with Gasteiger partial charge in [-0.15, -0.1) is 0 Å². The molecule has 2 aromatic carbocycles. The monoisotopic (exact) mass is 336 g/mol. The molecule has 0 unspecified atom stereocenters. The maximum Gasteiger partial charge on any atom is 0.277 e. The Balaban J connectivity index is 2.17. The summed E-state index contributed by atoms with van der Waals surface area (Å²) in [5.74, 6) is 0.118. The highest BCUT2D eigenvalue weighted by molar-refractivity contribution is 6.36. The molecule has 3 rings (SSSR count). The number of rotatable bonds is 5. The van der Waals surface area contributed by atoms with Crippen molar-refractivity contribution in [2.75, 3.05) is 25.6 Å². The average molecular weight is 336 g/mol. The molecule has 128 valence electrons. The van der Waals surface area contributed by atoms with Crippen LogP contribution in [0.5, 0.6) is 5.75 Å². The number of hydrogen-bond donors (Lipinski definition) is 0. The van der Waals surface area contributed by atoms with Gasteiger partial charge in [0.1, 0.15) is 11.4 Å². The molecule has 25 heavy (non-hydrogen) atoms. The number of likely N-dealkylation sites (N-methyl/N-ethyl adjacent to an activating group) is 2. The molecule has 0 fully saturated rings. The van der Waals surface area contributed by atoms with Crippen LogP contribution < -0.4 is 9.64 Å². The maximum atomic E-state index is 12.8. The number of benzene rings is 2. The van der Waals surface area contributed by atoms with E-state index in [1.165, 1.54) is 11.9 Å². The maximum absolute atomic E-state index is 12.8. The van der Waals surface area contributed by atoms with Crippen molar-refractivity contribution in [3.63, 3.8) is 0 Å². The van der Waals surface area contributed by atoms with Gasteiger partial charge in [0.15, 0.2) is 0 Å². The van der Waals surface area contributed by atoms with Crippen LogP contribution in [0.2, 0.25) is 0 Å². The SMILES string of the molecule is CCN(C1=C(c2ccc(OC)cc2)C(=O)N(C)C1=O)c1ccccc1. The Hall–Kier alpha value is -3.08. The minimum Gasteiger partial charge on any atom is -0.497 e. The Bertz CT molecular complexity index is 826. The van der Waals surface area contributed by atoms with E-state index in [9.17, 15) is 9.59 Å². The van der Waals surface area contributed by atoms with Gasteiger partial charge in [0.25, 0.3) is 11.8 Å². The summed E-state index contributed by atoms with van der Waals surface area (Å²) >= 11 is 0. The molecule has 0 radical (unpaired) electrons. The Morgan fingerprint density at radius 2 is 1.60 bits per heavy atom. The van der Waals surface area contributed by atoms with E-state index < -0.39 is 0 Å². The van der Waals surface area contributed by atoms with Gasteiger partial charge in [-0.3, -0.25) is 14.5 Å². The predicted molar refractivity (Wildman–Crippen MR) is 97.2 cm³/mol. The lowest BCUT2D eigenvalue weighted by Crippen LogP contribution is -2.32. The third-order valence-corrected chi connectivity index (χ3v) is 4.30. The van der Waals surface area contributed by atoms with E-state index >= 15 is 0 Å². The normalized spacial score (nSPS) is 14.3. The summed E-state index contributed by atoms with van der Waals surface area (Å²) in [5.41, 5.74) is 2.41. The highest BCUT2D eigenvalue weighted by Gasteiger charge is 2.39. The van der Waals surface area contributed by atoms with Crippen molar-refractivity contribution in [3.05, 3.63) is 65.9 Å². The van der Waals surface area contributed by atoms with Crippen molar-refractivity contribution in [2.24, 2.45) is 0 Å². The van der Waals surface area contributed by atoms with Crippen LogP contribution in [0.25, 0.3) is 5.57 Å². The lowest BCUT2D eigenvalue weighted by Gasteiger charge is -2.24. The molecular formula is C20H20N2O3. The molecule has 5 heteroatoms. The molecule has 0 bridgehead atoms. The van der Waals surface area contributed by atoms with Crippen molar-refractivity contribution in [3.8, 4) is 5.75 Å². The highest BCUT2D eigenvalue weighted by Crippen LogP contribution is 2.33. The van der Waals surface area contributed by atoms with E-state index in [0.29, 0.717) is 29.1 Å². The third-order valence-electron chi connectivity index (χ3n) is 4.30. The highest BCUT2D eigenvalue weighted by atomic mass is 16.5. The van der Waals surface area contributed by atoms with Gasteiger partial charge in [-0.05, 0) is 36.8 Å². The predicted octanol–water partition coefficient (Wildman–Crippen LogP) is 2.93. The molecule has 5 nitrogen and oxygen atoms in total. The van der Waals surface area contributed by atoms with E-state index in [4.69, 9.17) is 4.74 Å². The van der Waals surface area contributed by atoms with E-state index in [2.05, 4.69) is 0 Å². The molecular weight excluding hydrogens is 316 g/mol. The minimum atomic E-state index is -0.292. The Labute approximate surface area is 147 Å². The summed E-state index contributed by atoms with van der Waals surface area (Å²) in [6.45, 7) is 2.54. The van der Waals surface area contributed by atoms with Crippen LogP contribution in [0.1, 0.15) is 12.5 Å². The smallest absolute Gasteiger partial charge is 0.277 e. The first-order valence-electron chi connectivity index (χ1n) is 8.12. The molecule has 0 N–H and O–H groups in total. The van der Waals surface area contributed by atoms with E-state index in [1.807, 2.05) is 42.2 Å². The standard InChI is InChI=1S/C20H20N2O3/c1-4-22(15-8-6-5-7-9-15)18-17(19(23)21(2)20(18)24)14-10-12-16(25-3)13-11-14/h5-13H,4H2,1-3H3. The summed E-state index contributed by atoms with van der Waals surface area (Å²) in [6.07, 6.45) is 0. The number of imide groups is 1. The van der Waals surface area contributed by atoms with Gasteiger partial charge in [0.05, 0.1) is 12.7 Å². The van der Waals surface area contributed by atoms with Gasteiger partial charge in [0.2, 0.25) is 0 Å². The van der Waals surface area contributed by atoms with Crippen LogP contribution >= 0.6 is 0 Å². The average Bonchev–Trinajstić information content (AvgIpc) is 2.88.